The first kappa shape index (κ1) is 18.8. The molecule has 1 aromatic carbocycles. The Labute approximate surface area is 139 Å². The van der Waals surface area contributed by atoms with E-state index in [4.69, 9.17) is 4.74 Å². The van der Waals surface area contributed by atoms with Gasteiger partial charge in [-0.2, -0.15) is 0 Å². The van der Waals surface area contributed by atoms with Gasteiger partial charge in [-0.3, -0.25) is 4.79 Å². The molecule has 2 nitrogen and oxygen atoms in total. The van der Waals surface area contributed by atoms with Gasteiger partial charge in [-0.05, 0) is 43.2 Å². The van der Waals surface area contributed by atoms with Crippen molar-refractivity contribution in [1.29, 1.82) is 0 Å². The molecule has 122 valence electrons. The molecule has 0 amide bonds. The third kappa shape index (κ3) is 5.53. The SMILES string of the molecule is CCCCOC(=O)C(C=C(C)Sc1ccccc1)(CC)CC. The fraction of sp³-hybridized carbons (Fsp3) is 0.526. The molecule has 0 bridgehead atoms. The van der Waals surface area contributed by atoms with Gasteiger partial charge in [0, 0.05) is 4.90 Å². The van der Waals surface area contributed by atoms with Gasteiger partial charge in [0.1, 0.15) is 0 Å². The van der Waals surface area contributed by atoms with Gasteiger partial charge in [0.15, 0.2) is 0 Å². The zero-order valence-electron chi connectivity index (χ0n) is 14.2. The van der Waals surface area contributed by atoms with Crippen molar-refractivity contribution in [3.63, 3.8) is 0 Å². The maximum absolute atomic E-state index is 12.5. The number of rotatable bonds is 9. The zero-order valence-corrected chi connectivity index (χ0v) is 15.0. The summed E-state index contributed by atoms with van der Waals surface area (Å²) in [5.74, 6) is -0.0843. The second-order valence-electron chi connectivity index (χ2n) is 5.52. The number of carbonyl (C=O) groups excluding carboxylic acids is 1. The lowest BCUT2D eigenvalue weighted by Crippen LogP contribution is -2.30. The summed E-state index contributed by atoms with van der Waals surface area (Å²) < 4.78 is 5.49. The molecular formula is C19H28O2S. The summed E-state index contributed by atoms with van der Waals surface area (Å²) in [6.07, 6.45) is 5.59. The van der Waals surface area contributed by atoms with Crippen molar-refractivity contribution in [2.24, 2.45) is 5.41 Å². The minimum absolute atomic E-state index is 0.0843. The van der Waals surface area contributed by atoms with Crippen LogP contribution in [0.25, 0.3) is 0 Å². The quantitative estimate of drug-likeness (QED) is 0.325. The number of unbranched alkanes of at least 4 members (excludes halogenated alkanes) is 1. The molecule has 0 radical (unpaired) electrons. The van der Waals surface area contributed by atoms with Gasteiger partial charge in [-0.1, -0.05) is 63.2 Å². The van der Waals surface area contributed by atoms with Crippen LogP contribution >= 0.6 is 11.8 Å². The van der Waals surface area contributed by atoms with E-state index >= 15 is 0 Å². The summed E-state index contributed by atoms with van der Waals surface area (Å²) in [6, 6.07) is 10.2. The van der Waals surface area contributed by atoms with Crippen LogP contribution in [0.3, 0.4) is 0 Å². The highest BCUT2D eigenvalue weighted by atomic mass is 32.2. The highest BCUT2D eigenvalue weighted by molar-refractivity contribution is 8.03. The summed E-state index contributed by atoms with van der Waals surface area (Å²) in [4.78, 5) is 14.8. The average Bonchev–Trinajstić information content (AvgIpc) is 2.53. The minimum atomic E-state index is -0.500. The molecule has 0 saturated carbocycles. The lowest BCUT2D eigenvalue weighted by atomic mass is 9.82. The molecule has 0 aliphatic carbocycles. The topological polar surface area (TPSA) is 26.3 Å². The Morgan fingerprint density at radius 2 is 1.82 bits per heavy atom. The Morgan fingerprint density at radius 1 is 1.18 bits per heavy atom. The Morgan fingerprint density at radius 3 is 2.36 bits per heavy atom. The molecule has 0 atom stereocenters. The van der Waals surface area contributed by atoms with Crippen LogP contribution in [0.4, 0.5) is 0 Å². The molecule has 22 heavy (non-hydrogen) atoms. The van der Waals surface area contributed by atoms with Gasteiger partial charge in [-0.15, -0.1) is 0 Å². The first-order valence-electron chi connectivity index (χ1n) is 8.17. The van der Waals surface area contributed by atoms with Crippen molar-refractivity contribution < 1.29 is 9.53 Å². The van der Waals surface area contributed by atoms with Gasteiger partial charge < -0.3 is 4.74 Å². The molecule has 0 aromatic heterocycles. The van der Waals surface area contributed by atoms with Gasteiger partial charge in [0.25, 0.3) is 0 Å². The number of esters is 1. The van der Waals surface area contributed by atoms with E-state index in [1.807, 2.05) is 18.2 Å². The van der Waals surface area contributed by atoms with E-state index in [-0.39, 0.29) is 5.97 Å². The van der Waals surface area contributed by atoms with Crippen molar-refractivity contribution in [2.75, 3.05) is 6.61 Å². The largest absolute Gasteiger partial charge is 0.465 e. The normalized spacial score (nSPS) is 12.3. The molecule has 0 N–H and O–H groups in total. The summed E-state index contributed by atoms with van der Waals surface area (Å²) >= 11 is 1.70. The van der Waals surface area contributed by atoms with Crippen LogP contribution < -0.4 is 0 Å². The number of ether oxygens (including phenoxy) is 1. The van der Waals surface area contributed by atoms with Crippen molar-refractivity contribution in [3.05, 3.63) is 41.3 Å². The van der Waals surface area contributed by atoms with Crippen LogP contribution in [-0.4, -0.2) is 12.6 Å². The summed E-state index contributed by atoms with van der Waals surface area (Å²) in [7, 11) is 0. The van der Waals surface area contributed by atoms with Gasteiger partial charge in [0.2, 0.25) is 0 Å². The Kier molecular flexibility index (Phi) is 8.32. The molecule has 1 aromatic rings. The number of carbonyl (C=O) groups is 1. The van der Waals surface area contributed by atoms with E-state index in [1.165, 1.54) is 4.90 Å². The highest BCUT2D eigenvalue weighted by Gasteiger charge is 2.34. The number of hydrogen-bond acceptors (Lipinski definition) is 3. The van der Waals surface area contributed by atoms with E-state index in [0.717, 1.165) is 30.6 Å². The zero-order chi connectivity index (χ0) is 16.4. The predicted molar refractivity (Wildman–Crippen MR) is 94.9 cm³/mol. The predicted octanol–water partition coefficient (Wildman–Crippen LogP) is 5.83. The van der Waals surface area contributed by atoms with E-state index in [2.05, 4.69) is 45.9 Å². The summed E-state index contributed by atoms with van der Waals surface area (Å²) in [5, 5.41) is 0. The molecule has 0 spiro atoms. The molecule has 1 rings (SSSR count). The maximum Gasteiger partial charge on any atom is 0.315 e. The van der Waals surface area contributed by atoms with Gasteiger partial charge in [0.05, 0.1) is 12.0 Å². The Bertz CT molecular complexity index is 475. The van der Waals surface area contributed by atoms with E-state index < -0.39 is 5.41 Å². The third-order valence-corrected chi connectivity index (χ3v) is 4.85. The Balaban J connectivity index is 2.84. The number of benzene rings is 1. The molecule has 3 heteroatoms. The molecule has 0 heterocycles. The van der Waals surface area contributed by atoms with Crippen LogP contribution in [0.1, 0.15) is 53.4 Å². The molecular weight excluding hydrogens is 292 g/mol. The average molecular weight is 320 g/mol. The second-order valence-corrected chi connectivity index (χ2v) is 6.84. The first-order chi connectivity index (χ1) is 10.6. The van der Waals surface area contributed by atoms with Crippen molar-refractivity contribution in [1.82, 2.24) is 0 Å². The first-order valence-corrected chi connectivity index (χ1v) is 8.99. The van der Waals surface area contributed by atoms with E-state index in [1.54, 1.807) is 11.8 Å². The van der Waals surface area contributed by atoms with Crippen molar-refractivity contribution >= 4 is 17.7 Å². The third-order valence-electron chi connectivity index (χ3n) is 3.90. The van der Waals surface area contributed by atoms with Gasteiger partial charge >= 0.3 is 5.97 Å². The van der Waals surface area contributed by atoms with Crippen LogP contribution in [0, 0.1) is 5.41 Å². The highest BCUT2D eigenvalue weighted by Crippen LogP contribution is 2.36. The molecule has 0 saturated heterocycles. The fourth-order valence-corrected chi connectivity index (χ4v) is 3.30. The van der Waals surface area contributed by atoms with Gasteiger partial charge in [-0.25, -0.2) is 0 Å². The van der Waals surface area contributed by atoms with Crippen LogP contribution in [0.2, 0.25) is 0 Å². The second kappa shape index (κ2) is 9.73. The molecule has 0 aliphatic rings. The number of allylic oxidation sites excluding steroid dienone is 1. The number of hydrogen-bond donors (Lipinski definition) is 0. The van der Waals surface area contributed by atoms with E-state index in [0.29, 0.717) is 6.61 Å². The molecule has 0 unspecified atom stereocenters. The van der Waals surface area contributed by atoms with Crippen LogP contribution in [0.15, 0.2) is 46.2 Å². The van der Waals surface area contributed by atoms with Crippen LogP contribution in [0.5, 0.6) is 0 Å². The monoisotopic (exact) mass is 320 g/mol. The number of thioether (sulfide) groups is 1. The lowest BCUT2D eigenvalue weighted by Gasteiger charge is -2.26. The lowest BCUT2D eigenvalue weighted by molar-refractivity contribution is -0.153. The molecule has 0 aliphatic heterocycles. The minimum Gasteiger partial charge on any atom is -0.465 e. The summed E-state index contributed by atoms with van der Waals surface area (Å²) in [5.41, 5.74) is -0.500. The smallest absolute Gasteiger partial charge is 0.315 e. The fourth-order valence-electron chi connectivity index (χ4n) is 2.35. The van der Waals surface area contributed by atoms with Crippen LogP contribution in [-0.2, 0) is 9.53 Å². The molecule has 0 fully saturated rings. The maximum atomic E-state index is 12.5. The standard InChI is InChI=1S/C19H28O2S/c1-5-8-14-21-18(20)19(6-2,7-3)15-16(4)22-17-12-10-9-11-13-17/h9-13,15H,5-8,14H2,1-4H3. The van der Waals surface area contributed by atoms with Crippen molar-refractivity contribution in [3.8, 4) is 0 Å². The van der Waals surface area contributed by atoms with Crippen molar-refractivity contribution in [2.45, 2.75) is 58.3 Å². The van der Waals surface area contributed by atoms with E-state index in [9.17, 15) is 4.79 Å². The Hall–Kier alpha value is -1.22. The summed E-state index contributed by atoms with van der Waals surface area (Å²) in [6.45, 7) is 8.80.